The molecule has 0 amide bonds. The number of carbonyl (C=O) groups is 1. The highest BCUT2D eigenvalue weighted by molar-refractivity contribution is 5.87. The van der Waals surface area contributed by atoms with Crippen molar-refractivity contribution in [3.63, 3.8) is 0 Å². The molecule has 0 heterocycles. The van der Waals surface area contributed by atoms with E-state index in [2.05, 4.69) is 0 Å². The third kappa shape index (κ3) is 5.43. The third-order valence-corrected chi connectivity index (χ3v) is 3.55. The number of rotatable bonds is 7. The highest BCUT2D eigenvalue weighted by Gasteiger charge is 2.09. The molecule has 0 unspecified atom stereocenters. The number of esters is 1. The van der Waals surface area contributed by atoms with Crippen LogP contribution in [-0.2, 0) is 9.53 Å². The maximum Gasteiger partial charge on any atom is 0.331 e. The fourth-order valence-corrected chi connectivity index (χ4v) is 2.18. The summed E-state index contributed by atoms with van der Waals surface area (Å²) >= 11 is 0. The molecule has 0 aliphatic rings. The van der Waals surface area contributed by atoms with E-state index in [1.807, 2.05) is 0 Å². The van der Waals surface area contributed by atoms with Crippen LogP contribution in [0.1, 0.15) is 11.1 Å². The van der Waals surface area contributed by atoms with Crippen LogP contribution in [0.3, 0.4) is 0 Å². The number of benzene rings is 2. The monoisotopic (exact) mass is 372 g/mol. The van der Waals surface area contributed by atoms with Gasteiger partial charge in [0.25, 0.3) is 0 Å². The number of methoxy groups -OCH3 is 2. The Hall–Kier alpha value is -3.61. The van der Waals surface area contributed by atoms with Crippen LogP contribution in [0.5, 0.6) is 28.7 Å². The van der Waals surface area contributed by atoms with E-state index in [9.17, 15) is 20.1 Å². The Balaban J connectivity index is 1.92. The average molecular weight is 372 g/mol. The van der Waals surface area contributed by atoms with Crippen molar-refractivity contribution >= 4 is 18.1 Å². The maximum absolute atomic E-state index is 11.7. The highest BCUT2D eigenvalue weighted by atomic mass is 16.5. The minimum atomic E-state index is -0.562. The van der Waals surface area contributed by atoms with E-state index < -0.39 is 5.97 Å². The summed E-state index contributed by atoms with van der Waals surface area (Å²) < 4.78 is 15.2. The molecule has 2 aromatic rings. The maximum atomic E-state index is 11.7. The zero-order chi connectivity index (χ0) is 19.8. The quantitative estimate of drug-likeness (QED) is 0.390. The molecule has 0 fully saturated rings. The first-order valence-corrected chi connectivity index (χ1v) is 7.93. The standard InChI is InChI=1S/C20H20O7/c1-25-17-11-14(12-18(26-2)20(17)24)4-3-9-27-19(23)8-6-13-5-7-15(21)16(22)10-13/h3-8,10-12,21-22,24H,9H2,1-2H3/b4-3+,8-6+. The highest BCUT2D eigenvalue weighted by Crippen LogP contribution is 2.37. The van der Waals surface area contributed by atoms with Crippen LogP contribution >= 0.6 is 0 Å². The number of aromatic hydroxyl groups is 3. The van der Waals surface area contributed by atoms with E-state index in [-0.39, 0.29) is 35.4 Å². The second-order valence-corrected chi connectivity index (χ2v) is 5.39. The molecule has 0 bridgehead atoms. The first-order valence-electron chi connectivity index (χ1n) is 7.93. The third-order valence-electron chi connectivity index (χ3n) is 3.55. The Morgan fingerprint density at radius 2 is 1.59 bits per heavy atom. The van der Waals surface area contributed by atoms with Gasteiger partial charge in [-0.25, -0.2) is 4.79 Å². The molecule has 0 aliphatic carbocycles. The topological polar surface area (TPSA) is 105 Å². The summed E-state index contributed by atoms with van der Waals surface area (Å²) in [6.45, 7) is 0.0372. The predicted octanol–water partition coefficient (Wildman–Crippen LogP) is 3.09. The number of hydrogen-bond donors (Lipinski definition) is 3. The van der Waals surface area contributed by atoms with Gasteiger partial charge in [0.2, 0.25) is 5.75 Å². The van der Waals surface area contributed by atoms with Gasteiger partial charge in [-0.1, -0.05) is 12.1 Å². The molecule has 7 heteroatoms. The van der Waals surface area contributed by atoms with E-state index >= 15 is 0 Å². The molecule has 0 radical (unpaired) electrons. The lowest BCUT2D eigenvalue weighted by molar-refractivity contribution is -0.136. The Morgan fingerprint density at radius 3 is 2.19 bits per heavy atom. The average Bonchev–Trinajstić information content (AvgIpc) is 2.67. The molecule has 142 valence electrons. The largest absolute Gasteiger partial charge is 0.504 e. The van der Waals surface area contributed by atoms with E-state index in [1.165, 1.54) is 38.5 Å². The smallest absolute Gasteiger partial charge is 0.331 e. The number of hydrogen-bond acceptors (Lipinski definition) is 7. The zero-order valence-electron chi connectivity index (χ0n) is 14.9. The van der Waals surface area contributed by atoms with Crippen molar-refractivity contribution in [2.45, 2.75) is 0 Å². The summed E-state index contributed by atoms with van der Waals surface area (Å²) in [6, 6.07) is 7.43. The van der Waals surface area contributed by atoms with Crippen molar-refractivity contribution in [2.75, 3.05) is 20.8 Å². The van der Waals surface area contributed by atoms with Crippen LogP contribution in [0.2, 0.25) is 0 Å². The normalized spacial score (nSPS) is 11.0. The lowest BCUT2D eigenvalue weighted by Crippen LogP contribution is -1.99. The summed E-state index contributed by atoms with van der Waals surface area (Å²) in [5, 5.41) is 28.5. The molecule has 0 aliphatic heterocycles. The van der Waals surface area contributed by atoms with Crippen LogP contribution < -0.4 is 9.47 Å². The Labute approximate surface area is 156 Å². The van der Waals surface area contributed by atoms with Gasteiger partial charge >= 0.3 is 5.97 Å². The van der Waals surface area contributed by atoms with Gasteiger partial charge in [-0.3, -0.25) is 0 Å². The molecule has 2 aromatic carbocycles. The molecule has 0 aromatic heterocycles. The van der Waals surface area contributed by atoms with Crippen molar-refractivity contribution in [3.05, 3.63) is 53.6 Å². The van der Waals surface area contributed by atoms with E-state index in [0.717, 1.165) is 0 Å². The number of ether oxygens (including phenoxy) is 3. The minimum absolute atomic E-state index is 0.0372. The zero-order valence-corrected chi connectivity index (χ0v) is 14.9. The van der Waals surface area contributed by atoms with Gasteiger partial charge in [-0.15, -0.1) is 0 Å². The van der Waals surface area contributed by atoms with Gasteiger partial charge in [0.1, 0.15) is 6.61 Å². The number of carbonyl (C=O) groups excluding carboxylic acids is 1. The second-order valence-electron chi connectivity index (χ2n) is 5.39. The summed E-state index contributed by atoms with van der Waals surface area (Å²) in [7, 11) is 2.87. The summed E-state index contributed by atoms with van der Waals surface area (Å²) in [5.74, 6) is -0.616. The van der Waals surface area contributed by atoms with Crippen molar-refractivity contribution < 1.29 is 34.3 Å². The van der Waals surface area contributed by atoms with Crippen molar-refractivity contribution in [1.82, 2.24) is 0 Å². The molecule has 0 atom stereocenters. The summed E-state index contributed by atoms with van der Waals surface area (Å²) in [6.07, 6.45) is 6.00. The Kier molecular flexibility index (Phi) is 6.71. The Bertz CT molecular complexity index is 844. The van der Waals surface area contributed by atoms with Crippen LogP contribution in [-0.4, -0.2) is 42.1 Å². The van der Waals surface area contributed by atoms with Gasteiger partial charge in [0.05, 0.1) is 14.2 Å². The number of phenolic OH excluding ortho intramolecular Hbond substituents is 3. The van der Waals surface area contributed by atoms with Crippen molar-refractivity contribution in [2.24, 2.45) is 0 Å². The predicted molar refractivity (Wildman–Crippen MR) is 100 cm³/mol. The molecule has 7 nitrogen and oxygen atoms in total. The lowest BCUT2D eigenvalue weighted by atomic mass is 10.1. The van der Waals surface area contributed by atoms with Gasteiger partial charge in [0.15, 0.2) is 23.0 Å². The second kappa shape index (κ2) is 9.19. The van der Waals surface area contributed by atoms with E-state index in [1.54, 1.807) is 30.4 Å². The fraction of sp³-hybridized carbons (Fsp3) is 0.150. The van der Waals surface area contributed by atoms with Gasteiger partial charge in [-0.2, -0.15) is 0 Å². The fourth-order valence-electron chi connectivity index (χ4n) is 2.18. The van der Waals surface area contributed by atoms with Crippen LogP contribution in [0.25, 0.3) is 12.2 Å². The first-order chi connectivity index (χ1) is 12.9. The van der Waals surface area contributed by atoms with Gasteiger partial charge in [-0.05, 0) is 47.5 Å². The molecule has 0 saturated heterocycles. The van der Waals surface area contributed by atoms with Crippen LogP contribution in [0.15, 0.2) is 42.5 Å². The van der Waals surface area contributed by atoms with Gasteiger partial charge < -0.3 is 29.5 Å². The summed E-state index contributed by atoms with van der Waals surface area (Å²) in [4.78, 5) is 11.7. The van der Waals surface area contributed by atoms with Crippen LogP contribution in [0.4, 0.5) is 0 Å². The summed E-state index contributed by atoms with van der Waals surface area (Å²) in [5.41, 5.74) is 1.24. The molecule has 27 heavy (non-hydrogen) atoms. The molecular formula is C20H20O7. The first kappa shape index (κ1) is 19.7. The molecule has 2 rings (SSSR count). The SMILES string of the molecule is COc1cc(/C=C/COC(=O)/C=C/c2ccc(O)c(O)c2)cc(OC)c1O. The molecular weight excluding hydrogens is 352 g/mol. The van der Waals surface area contributed by atoms with Crippen molar-refractivity contribution in [1.29, 1.82) is 0 Å². The molecule has 0 spiro atoms. The lowest BCUT2D eigenvalue weighted by Gasteiger charge is -2.09. The number of phenols is 3. The van der Waals surface area contributed by atoms with E-state index in [4.69, 9.17) is 14.2 Å². The molecule has 0 saturated carbocycles. The van der Waals surface area contributed by atoms with Gasteiger partial charge in [0, 0.05) is 6.08 Å². The minimum Gasteiger partial charge on any atom is -0.504 e. The Morgan fingerprint density at radius 1 is 0.926 bits per heavy atom. The van der Waals surface area contributed by atoms with Crippen molar-refractivity contribution in [3.8, 4) is 28.7 Å². The van der Waals surface area contributed by atoms with Crippen LogP contribution in [0, 0.1) is 0 Å². The van der Waals surface area contributed by atoms with E-state index in [0.29, 0.717) is 11.1 Å². The molecule has 3 N–H and O–H groups in total.